The van der Waals surface area contributed by atoms with E-state index < -0.39 is 55.5 Å². The van der Waals surface area contributed by atoms with Gasteiger partial charge >= 0.3 is 0 Å². The first-order valence-electron chi connectivity index (χ1n) is 7.50. The van der Waals surface area contributed by atoms with Crippen molar-refractivity contribution < 1.29 is 29.9 Å². The van der Waals surface area contributed by atoms with Gasteiger partial charge in [0.15, 0.2) is 6.29 Å². The first kappa shape index (κ1) is 18.0. The van der Waals surface area contributed by atoms with Crippen molar-refractivity contribution in [1.29, 1.82) is 0 Å². The molecule has 9 heteroatoms. The lowest BCUT2D eigenvalue weighted by atomic mass is 9.79. The molecule has 22 heavy (non-hydrogen) atoms. The van der Waals surface area contributed by atoms with Crippen molar-refractivity contribution in [2.45, 2.75) is 68.3 Å². The molecule has 2 aliphatic rings. The Morgan fingerprint density at radius 3 is 2.27 bits per heavy atom. The normalized spacial score (nSPS) is 53.5. The molecule has 0 spiro atoms. The Labute approximate surface area is 129 Å². The summed E-state index contributed by atoms with van der Waals surface area (Å²) in [7, 11) is 0. The third-order valence-electron chi connectivity index (χ3n) is 4.74. The highest BCUT2D eigenvalue weighted by atomic mass is 16.7. The Bertz CT molecular complexity index is 374. The first-order valence-corrected chi connectivity index (χ1v) is 7.50. The van der Waals surface area contributed by atoms with Crippen LogP contribution in [0.2, 0.25) is 0 Å². The van der Waals surface area contributed by atoms with E-state index in [-0.39, 0.29) is 12.0 Å². The maximum Gasteiger partial charge on any atom is 0.176 e. The van der Waals surface area contributed by atoms with Crippen molar-refractivity contribution in [2.24, 2.45) is 23.1 Å². The molecule has 0 aromatic carbocycles. The van der Waals surface area contributed by atoms with Crippen LogP contribution in [-0.4, -0.2) is 82.0 Å². The van der Waals surface area contributed by atoms with Crippen molar-refractivity contribution >= 4 is 0 Å². The van der Waals surface area contributed by atoms with Gasteiger partial charge in [-0.25, -0.2) is 0 Å². The standard InChI is InChI=1S/C13H27N3O6/c1-4-5(14)2-6(15)12(9(4)18)22-13-8(16)11(20)10(19)7(3-17)21-13/h4-13,17-20H,2-3,14-16H2,1H3/t4-,5?,6?,7-,8?,9?,10?,11-,12+,13+/m1/s1. The topological polar surface area (TPSA) is 177 Å². The Kier molecular flexibility index (Phi) is 5.75. The molecule has 2 fully saturated rings. The summed E-state index contributed by atoms with van der Waals surface area (Å²) in [6.45, 7) is 1.31. The fraction of sp³-hybridized carbons (Fsp3) is 1.00. The van der Waals surface area contributed by atoms with Crippen molar-refractivity contribution in [2.75, 3.05) is 6.61 Å². The summed E-state index contributed by atoms with van der Waals surface area (Å²) < 4.78 is 11.1. The average molecular weight is 321 g/mol. The van der Waals surface area contributed by atoms with Gasteiger partial charge in [-0.15, -0.1) is 0 Å². The van der Waals surface area contributed by atoms with Crippen LogP contribution >= 0.6 is 0 Å². The summed E-state index contributed by atoms with van der Waals surface area (Å²) >= 11 is 0. The van der Waals surface area contributed by atoms with E-state index in [1.807, 2.05) is 0 Å². The van der Waals surface area contributed by atoms with E-state index in [0.29, 0.717) is 6.42 Å². The third-order valence-corrected chi connectivity index (χ3v) is 4.74. The molecule has 10 atom stereocenters. The second-order valence-corrected chi connectivity index (χ2v) is 6.30. The molecular weight excluding hydrogens is 294 g/mol. The van der Waals surface area contributed by atoms with Gasteiger partial charge in [0.1, 0.15) is 24.4 Å². The Hall–Kier alpha value is -0.360. The minimum absolute atomic E-state index is 0.214. The molecule has 10 N–H and O–H groups in total. The molecule has 1 saturated carbocycles. The van der Waals surface area contributed by atoms with Crippen molar-refractivity contribution in [3.05, 3.63) is 0 Å². The zero-order chi connectivity index (χ0) is 16.6. The molecule has 1 saturated heterocycles. The van der Waals surface area contributed by atoms with Gasteiger partial charge < -0.3 is 47.1 Å². The third kappa shape index (κ3) is 3.28. The minimum Gasteiger partial charge on any atom is -0.394 e. The summed E-state index contributed by atoms with van der Waals surface area (Å²) in [5, 5.41) is 39.1. The number of hydrogen-bond donors (Lipinski definition) is 7. The maximum absolute atomic E-state index is 10.3. The molecular formula is C13H27N3O6. The molecule has 0 radical (unpaired) electrons. The molecule has 5 unspecified atom stereocenters. The predicted molar refractivity (Wildman–Crippen MR) is 76.3 cm³/mol. The molecule has 2 rings (SSSR count). The highest BCUT2D eigenvalue weighted by molar-refractivity contribution is 4.98. The second kappa shape index (κ2) is 7.04. The molecule has 130 valence electrons. The molecule has 0 aromatic heterocycles. The summed E-state index contributed by atoms with van der Waals surface area (Å²) in [5.74, 6) is -0.214. The lowest BCUT2D eigenvalue weighted by Crippen LogP contribution is -2.66. The Morgan fingerprint density at radius 2 is 1.68 bits per heavy atom. The van der Waals surface area contributed by atoms with Gasteiger partial charge in [0, 0.05) is 12.1 Å². The highest BCUT2D eigenvalue weighted by Gasteiger charge is 2.47. The number of hydrogen-bond acceptors (Lipinski definition) is 9. The van der Waals surface area contributed by atoms with E-state index in [1.54, 1.807) is 6.92 Å². The maximum atomic E-state index is 10.3. The molecule has 9 nitrogen and oxygen atoms in total. The lowest BCUT2D eigenvalue weighted by Gasteiger charge is -2.46. The summed E-state index contributed by atoms with van der Waals surface area (Å²) in [5.41, 5.74) is 17.7. The van der Waals surface area contributed by atoms with Crippen LogP contribution in [-0.2, 0) is 9.47 Å². The number of ether oxygens (including phenoxy) is 2. The van der Waals surface area contributed by atoms with Crippen LogP contribution in [0.15, 0.2) is 0 Å². The number of aliphatic hydroxyl groups excluding tert-OH is 4. The smallest absolute Gasteiger partial charge is 0.176 e. The fourth-order valence-electron chi connectivity index (χ4n) is 3.03. The second-order valence-electron chi connectivity index (χ2n) is 6.30. The van der Waals surface area contributed by atoms with Gasteiger partial charge in [0.05, 0.1) is 18.8 Å². The Balaban J connectivity index is 2.08. The van der Waals surface area contributed by atoms with Gasteiger partial charge in [0.2, 0.25) is 0 Å². The first-order chi connectivity index (χ1) is 10.3. The van der Waals surface area contributed by atoms with Crippen LogP contribution in [0.5, 0.6) is 0 Å². The largest absolute Gasteiger partial charge is 0.394 e. The van der Waals surface area contributed by atoms with Crippen molar-refractivity contribution in [3.8, 4) is 0 Å². The van der Waals surface area contributed by atoms with Crippen LogP contribution in [0.1, 0.15) is 13.3 Å². The van der Waals surface area contributed by atoms with E-state index in [1.165, 1.54) is 0 Å². The van der Waals surface area contributed by atoms with Crippen LogP contribution in [0.3, 0.4) is 0 Å². The fourth-order valence-corrected chi connectivity index (χ4v) is 3.03. The molecule has 1 heterocycles. The van der Waals surface area contributed by atoms with E-state index in [4.69, 9.17) is 26.7 Å². The van der Waals surface area contributed by atoms with E-state index >= 15 is 0 Å². The van der Waals surface area contributed by atoms with E-state index in [9.17, 15) is 20.4 Å². The highest BCUT2D eigenvalue weighted by Crippen LogP contribution is 2.29. The van der Waals surface area contributed by atoms with Crippen LogP contribution < -0.4 is 17.2 Å². The Morgan fingerprint density at radius 1 is 1.05 bits per heavy atom. The minimum atomic E-state index is -1.31. The lowest BCUT2D eigenvalue weighted by molar-refractivity contribution is -0.291. The van der Waals surface area contributed by atoms with Crippen LogP contribution in [0, 0.1) is 5.92 Å². The van der Waals surface area contributed by atoms with Crippen LogP contribution in [0.4, 0.5) is 0 Å². The zero-order valence-electron chi connectivity index (χ0n) is 12.5. The monoisotopic (exact) mass is 321 g/mol. The van der Waals surface area contributed by atoms with Crippen molar-refractivity contribution in [1.82, 2.24) is 0 Å². The summed E-state index contributed by atoms with van der Waals surface area (Å²) in [6.07, 6.45) is -5.91. The van der Waals surface area contributed by atoms with E-state index in [2.05, 4.69) is 0 Å². The van der Waals surface area contributed by atoms with Gasteiger partial charge in [-0.1, -0.05) is 6.92 Å². The molecule has 0 aromatic rings. The average Bonchev–Trinajstić information content (AvgIpc) is 2.49. The van der Waals surface area contributed by atoms with E-state index in [0.717, 1.165) is 0 Å². The molecule has 1 aliphatic heterocycles. The van der Waals surface area contributed by atoms with Gasteiger partial charge in [-0.05, 0) is 12.3 Å². The number of aliphatic hydroxyl groups is 4. The summed E-state index contributed by atoms with van der Waals surface area (Å²) in [6, 6.07) is -1.76. The van der Waals surface area contributed by atoms with Gasteiger partial charge in [-0.3, -0.25) is 0 Å². The SMILES string of the molecule is C[C@@H]1C(N)CC(N)[C@H](O[C@@H]2O[C@H](CO)C(O)[C@H](O)C2N)C1O. The number of rotatable bonds is 3. The van der Waals surface area contributed by atoms with Crippen LogP contribution in [0.25, 0.3) is 0 Å². The molecule has 0 amide bonds. The molecule has 0 bridgehead atoms. The number of nitrogens with two attached hydrogens (primary N) is 3. The zero-order valence-corrected chi connectivity index (χ0v) is 12.5. The van der Waals surface area contributed by atoms with Gasteiger partial charge in [0.25, 0.3) is 0 Å². The van der Waals surface area contributed by atoms with Crippen molar-refractivity contribution in [3.63, 3.8) is 0 Å². The summed E-state index contributed by atoms with van der Waals surface area (Å²) in [4.78, 5) is 0. The quantitative estimate of drug-likeness (QED) is 0.274. The molecule has 1 aliphatic carbocycles. The predicted octanol–water partition coefficient (Wildman–Crippen LogP) is -3.81. The van der Waals surface area contributed by atoms with Gasteiger partial charge in [-0.2, -0.15) is 0 Å².